The average molecular weight is 252 g/mol. The summed E-state index contributed by atoms with van der Waals surface area (Å²) in [4.78, 5) is 15.3. The van der Waals surface area contributed by atoms with Gasteiger partial charge in [0, 0.05) is 10.9 Å². The molecule has 6 heteroatoms. The van der Waals surface area contributed by atoms with E-state index >= 15 is 0 Å². The van der Waals surface area contributed by atoms with Gasteiger partial charge in [0.2, 0.25) is 0 Å². The van der Waals surface area contributed by atoms with Gasteiger partial charge in [0.25, 0.3) is 0 Å². The number of nitrogens with one attached hydrogen (secondary N) is 2. The van der Waals surface area contributed by atoms with Crippen LogP contribution in [0.4, 0.5) is 4.79 Å². The van der Waals surface area contributed by atoms with Crippen molar-refractivity contribution in [3.05, 3.63) is 30.1 Å². The summed E-state index contributed by atoms with van der Waals surface area (Å²) in [6, 6.07) is 5.12. The van der Waals surface area contributed by atoms with Crippen molar-refractivity contribution >= 4 is 24.2 Å². The molecule has 0 radical (unpaired) electrons. The molecule has 0 atom stereocenters. The quantitative estimate of drug-likeness (QED) is 0.492. The summed E-state index contributed by atoms with van der Waals surface area (Å²) in [6.07, 6.45) is 3.15. The topological polar surface area (TPSA) is 66.4 Å². The number of carbonyl (C=O) groups is 1. The minimum Gasteiger partial charge on any atom is -0.280 e. The van der Waals surface area contributed by atoms with Gasteiger partial charge in [0.05, 0.1) is 11.9 Å². The molecule has 2 amide bonds. The SMILES string of the molecule is CC(C)(C)SNC(=O)N/N=C/c1ccccn1. The summed E-state index contributed by atoms with van der Waals surface area (Å²) < 4.78 is 2.62. The Hall–Kier alpha value is -1.56. The number of amides is 2. The fourth-order valence-electron chi connectivity index (χ4n) is 0.832. The number of carbonyl (C=O) groups excluding carboxylic acids is 1. The highest BCUT2D eigenvalue weighted by molar-refractivity contribution is 7.99. The summed E-state index contributed by atoms with van der Waals surface area (Å²) in [6.45, 7) is 6.03. The standard InChI is InChI=1S/C11H16N4OS/c1-11(2,3)17-15-10(16)14-13-8-9-6-4-5-7-12-9/h4-8H,1-3H3,(H2,14,15,16)/b13-8+. The Morgan fingerprint density at radius 3 is 2.82 bits per heavy atom. The highest BCUT2D eigenvalue weighted by atomic mass is 32.2. The molecule has 1 rings (SSSR count). The van der Waals surface area contributed by atoms with Gasteiger partial charge in [0.1, 0.15) is 0 Å². The van der Waals surface area contributed by atoms with E-state index in [1.54, 1.807) is 12.3 Å². The molecule has 0 unspecified atom stereocenters. The van der Waals surface area contributed by atoms with E-state index in [0.29, 0.717) is 5.69 Å². The first-order valence-electron chi connectivity index (χ1n) is 5.15. The molecule has 1 aromatic heterocycles. The summed E-state index contributed by atoms with van der Waals surface area (Å²) in [7, 11) is 0. The number of pyridine rings is 1. The Labute approximate surface area is 105 Å². The van der Waals surface area contributed by atoms with E-state index in [0.717, 1.165) is 0 Å². The van der Waals surface area contributed by atoms with Gasteiger partial charge in [-0.25, -0.2) is 10.2 Å². The molecular weight excluding hydrogens is 236 g/mol. The molecule has 0 spiro atoms. The van der Waals surface area contributed by atoms with Crippen LogP contribution in [0.25, 0.3) is 0 Å². The van der Waals surface area contributed by atoms with Crippen molar-refractivity contribution in [1.29, 1.82) is 0 Å². The number of hydrogen-bond acceptors (Lipinski definition) is 4. The third kappa shape index (κ3) is 6.57. The molecular formula is C11H16N4OS. The zero-order chi connectivity index (χ0) is 12.7. The van der Waals surface area contributed by atoms with Crippen molar-refractivity contribution in [2.45, 2.75) is 25.5 Å². The van der Waals surface area contributed by atoms with Crippen molar-refractivity contribution in [2.24, 2.45) is 5.10 Å². The Kier molecular flexibility index (Phi) is 4.96. The number of hydrogen-bond donors (Lipinski definition) is 2. The number of aromatic nitrogens is 1. The van der Waals surface area contributed by atoms with Gasteiger partial charge in [-0.1, -0.05) is 6.07 Å². The molecule has 0 aliphatic heterocycles. The lowest BCUT2D eigenvalue weighted by molar-refractivity contribution is 0.247. The van der Waals surface area contributed by atoms with E-state index < -0.39 is 0 Å². The van der Waals surface area contributed by atoms with Crippen molar-refractivity contribution < 1.29 is 4.79 Å². The van der Waals surface area contributed by atoms with Crippen LogP contribution in [-0.2, 0) is 0 Å². The zero-order valence-corrected chi connectivity index (χ0v) is 10.9. The molecule has 0 fully saturated rings. The minimum absolute atomic E-state index is 0.0258. The monoisotopic (exact) mass is 252 g/mol. The third-order valence-corrected chi connectivity index (χ3v) is 2.40. The lowest BCUT2D eigenvalue weighted by Crippen LogP contribution is -2.30. The van der Waals surface area contributed by atoms with Gasteiger partial charge in [-0.2, -0.15) is 5.10 Å². The van der Waals surface area contributed by atoms with Crippen LogP contribution in [0.1, 0.15) is 26.5 Å². The maximum Gasteiger partial charge on any atom is 0.345 e. The molecule has 0 bridgehead atoms. The molecule has 2 N–H and O–H groups in total. The smallest absolute Gasteiger partial charge is 0.280 e. The third-order valence-electron chi connectivity index (χ3n) is 1.50. The second-order valence-electron chi connectivity index (χ2n) is 4.27. The fraction of sp³-hybridized carbons (Fsp3) is 0.364. The number of nitrogens with zero attached hydrogens (tertiary/aromatic N) is 2. The van der Waals surface area contributed by atoms with Crippen LogP contribution in [0.3, 0.4) is 0 Å². The van der Waals surface area contributed by atoms with Crippen LogP contribution >= 0.6 is 11.9 Å². The van der Waals surface area contributed by atoms with Gasteiger partial charge in [-0.3, -0.25) is 9.71 Å². The van der Waals surface area contributed by atoms with Gasteiger partial charge in [-0.05, 0) is 44.9 Å². The van der Waals surface area contributed by atoms with Crippen LogP contribution in [0.15, 0.2) is 29.5 Å². The summed E-state index contributed by atoms with van der Waals surface area (Å²) in [5.74, 6) is 0. The van der Waals surface area contributed by atoms with Crippen LogP contribution in [0.2, 0.25) is 0 Å². The summed E-state index contributed by atoms with van der Waals surface area (Å²) >= 11 is 1.34. The van der Waals surface area contributed by atoms with E-state index in [9.17, 15) is 4.79 Å². The fourth-order valence-corrected chi connectivity index (χ4v) is 1.28. The van der Waals surface area contributed by atoms with Gasteiger partial charge in [0.15, 0.2) is 0 Å². The maximum atomic E-state index is 11.3. The van der Waals surface area contributed by atoms with Crippen LogP contribution in [0, 0.1) is 0 Å². The van der Waals surface area contributed by atoms with Crippen LogP contribution in [-0.4, -0.2) is 22.0 Å². The minimum atomic E-state index is -0.350. The zero-order valence-electron chi connectivity index (χ0n) is 10.1. The van der Waals surface area contributed by atoms with E-state index in [4.69, 9.17) is 0 Å². The normalized spacial score (nSPS) is 11.5. The number of urea groups is 1. The number of hydrazone groups is 1. The predicted octanol–water partition coefficient (Wildman–Crippen LogP) is 2.16. The Balaban J connectivity index is 2.31. The highest BCUT2D eigenvalue weighted by Crippen LogP contribution is 2.18. The lowest BCUT2D eigenvalue weighted by atomic mass is 10.3. The molecule has 0 saturated heterocycles. The molecule has 0 aliphatic carbocycles. The van der Waals surface area contributed by atoms with Gasteiger partial charge in [-0.15, -0.1) is 0 Å². The highest BCUT2D eigenvalue weighted by Gasteiger charge is 2.12. The molecule has 0 aliphatic rings. The molecule has 5 nitrogen and oxygen atoms in total. The van der Waals surface area contributed by atoms with E-state index in [2.05, 4.69) is 20.2 Å². The first-order chi connectivity index (χ1) is 7.97. The van der Waals surface area contributed by atoms with E-state index in [1.165, 1.54) is 18.2 Å². The maximum absolute atomic E-state index is 11.3. The largest absolute Gasteiger partial charge is 0.345 e. The molecule has 1 aromatic rings. The van der Waals surface area contributed by atoms with Crippen molar-refractivity contribution in [1.82, 2.24) is 15.1 Å². The van der Waals surface area contributed by atoms with Gasteiger partial charge < -0.3 is 0 Å². The molecule has 0 aromatic carbocycles. The summed E-state index contributed by atoms with van der Waals surface area (Å²) in [5, 5.41) is 3.78. The van der Waals surface area contributed by atoms with E-state index in [-0.39, 0.29) is 10.8 Å². The molecule has 92 valence electrons. The Morgan fingerprint density at radius 2 is 2.24 bits per heavy atom. The first-order valence-corrected chi connectivity index (χ1v) is 5.97. The first kappa shape index (κ1) is 13.5. The second kappa shape index (κ2) is 6.24. The van der Waals surface area contributed by atoms with Crippen molar-refractivity contribution in [3.63, 3.8) is 0 Å². The summed E-state index contributed by atoms with van der Waals surface area (Å²) in [5.41, 5.74) is 3.05. The molecule has 0 saturated carbocycles. The van der Waals surface area contributed by atoms with Crippen LogP contribution < -0.4 is 10.1 Å². The predicted molar refractivity (Wildman–Crippen MR) is 70.8 cm³/mol. The van der Waals surface area contributed by atoms with Crippen molar-refractivity contribution in [2.75, 3.05) is 0 Å². The van der Waals surface area contributed by atoms with E-state index in [1.807, 2.05) is 32.9 Å². The van der Waals surface area contributed by atoms with Crippen LogP contribution in [0.5, 0.6) is 0 Å². The molecule has 17 heavy (non-hydrogen) atoms. The second-order valence-corrected chi connectivity index (χ2v) is 5.90. The van der Waals surface area contributed by atoms with Gasteiger partial charge >= 0.3 is 6.03 Å². The Bertz CT molecular complexity index is 386. The molecule has 1 heterocycles. The van der Waals surface area contributed by atoms with Crippen molar-refractivity contribution in [3.8, 4) is 0 Å². The average Bonchev–Trinajstić information content (AvgIpc) is 2.27. The Morgan fingerprint density at radius 1 is 1.47 bits per heavy atom. The number of rotatable bonds is 3. The lowest BCUT2D eigenvalue weighted by Gasteiger charge is -2.16.